The molecule has 14 heavy (non-hydrogen) atoms. The molecule has 1 aliphatic carbocycles. The van der Waals surface area contributed by atoms with E-state index in [1.165, 1.54) is 0 Å². The summed E-state index contributed by atoms with van der Waals surface area (Å²) in [5.41, 5.74) is 0. The van der Waals surface area contributed by atoms with Crippen LogP contribution in [-0.2, 0) is 4.74 Å². The van der Waals surface area contributed by atoms with Gasteiger partial charge in [0.2, 0.25) is 0 Å². The molecule has 0 aromatic heterocycles. The fourth-order valence-corrected chi connectivity index (χ4v) is 2.55. The van der Waals surface area contributed by atoms with Crippen LogP contribution in [0.4, 0.5) is 0 Å². The highest BCUT2D eigenvalue weighted by Crippen LogP contribution is 2.42. The molecular formula is C10H13BCl2O. The highest BCUT2D eigenvalue weighted by Gasteiger charge is 2.37. The van der Waals surface area contributed by atoms with Crippen molar-refractivity contribution in [1.82, 2.24) is 0 Å². The number of ether oxygens (including phenoxy) is 1. The van der Waals surface area contributed by atoms with Crippen LogP contribution in [0.15, 0.2) is 0 Å². The predicted octanol–water partition coefficient (Wildman–Crippen LogP) is 2.22. The summed E-state index contributed by atoms with van der Waals surface area (Å²) in [6.45, 7) is 0.458. The second-order valence-electron chi connectivity index (χ2n) is 3.50. The van der Waals surface area contributed by atoms with Gasteiger partial charge in [-0.15, -0.1) is 29.1 Å². The van der Waals surface area contributed by atoms with Crippen LogP contribution < -0.4 is 0 Å². The van der Waals surface area contributed by atoms with Gasteiger partial charge < -0.3 is 4.74 Å². The normalized spacial score (nSPS) is 36.5. The molecule has 2 radical (unpaired) electrons. The Morgan fingerprint density at radius 2 is 2.07 bits per heavy atom. The van der Waals surface area contributed by atoms with Gasteiger partial charge >= 0.3 is 0 Å². The van der Waals surface area contributed by atoms with Gasteiger partial charge in [-0.25, -0.2) is 0 Å². The van der Waals surface area contributed by atoms with Crippen LogP contribution in [0.2, 0.25) is 5.82 Å². The molecule has 1 rings (SSSR count). The smallest absolute Gasteiger partial charge is 0.107 e. The minimum atomic E-state index is -0.0315. The molecule has 0 aliphatic heterocycles. The molecule has 0 N–H and O–H groups in total. The second kappa shape index (κ2) is 5.90. The average Bonchev–Trinajstić information content (AvgIpc) is 2.38. The lowest BCUT2D eigenvalue weighted by Crippen LogP contribution is -2.12. The van der Waals surface area contributed by atoms with Crippen LogP contribution in [-0.4, -0.2) is 32.3 Å². The summed E-state index contributed by atoms with van der Waals surface area (Å²) in [4.78, 5) is 0. The number of alkyl halides is 2. The molecule has 4 unspecified atom stereocenters. The maximum Gasteiger partial charge on any atom is 0.107 e. The van der Waals surface area contributed by atoms with Gasteiger partial charge in [0.15, 0.2) is 0 Å². The van der Waals surface area contributed by atoms with Crippen LogP contribution in [0.25, 0.3) is 0 Å². The van der Waals surface area contributed by atoms with Crippen molar-refractivity contribution in [2.75, 3.05) is 13.7 Å². The third kappa shape index (κ3) is 3.09. The topological polar surface area (TPSA) is 9.23 Å². The van der Waals surface area contributed by atoms with Gasteiger partial charge in [0.1, 0.15) is 6.61 Å². The highest BCUT2D eigenvalue weighted by atomic mass is 35.5. The molecule has 0 aromatic carbocycles. The fourth-order valence-electron chi connectivity index (χ4n) is 1.63. The SMILES string of the molecule is [B]C1C(Cl)CC(Cl)C1CC#CCOC. The summed E-state index contributed by atoms with van der Waals surface area (Å²) >= 11 is 12.1. The zero-order chi connectivity index (χ0) is 10.6. The van der Waals surface area contributed by atoms with Gasteiger partial charge in [-0.05, 0) is 12.3 Å². The van der Waals surface area contributed by atoms with E-state index in [0.29, 0.717) is 13.0 Å². The van der Waals surface area contributed by atoms with Gasteiger partial charge in [0.05, 0.1) is 7.85 Å². The number of halogens is 2. The second-order valence-corrected chi connectivity index (χ2v) is 4.62. The Labute approximate surface area is 96.9 Å². The quantitative estimate of drug-likeness (QED) is 0.402. The van der Waals surface area contributed by atoms with Crippen molar-refractivity contribution in [2.45, 2.75) is 29.4 Å². The number of rotatable bonds is 2. The van der Waals surface area contributed by atoms with E-state index in [1.54, 1.807) is 7.11 Å². The average molecular weight is 231 g/mol. The van der Waals surface area contributed by atoms with Gasteiger partial charge in [-0.2, -0.15) is 0 Å². The molecule has 1 saturated carbocycles. The van der Waals surface area contributed by atoms with Crippen molar-refractivity contribution < 1.29 is 4.74 Å². The van der Waals surface area contributed by atoms with Crippen LogP contribution in [0.3, 0.4) is 0 Å². The monoisotopic (exact) mass is 230 g/mol. The van der Waals surface area contributed by atoms with E-state index in [1.807, 2.05) is 0 Å². The number of hydrogen-bond acceptors (Lipinski definition) is 1. The highest BCUT2D eigenvalue weighted by molar-refractivity contribution is 6.29. The molecule has 0 bridgehead atoms. The van der Waals surface area contributed by atoms with E-state index in [2.05, 4.69) is 11.8 Å². The Kier molecular flexibility index (Phi) is 5.16. The number of methoxy groups -OCH3 is 1. The Balaban J connectivity index is 2.41. The fraction of sp³-hybridized carbons (Fsp3) is 0.800. The van der Waals surface area contributed by atoms with Crippen LogP contribution in [0.1, 0.15) is 12.8 Å². The van der Waals surface area contributed by atoms with Crippen LogP contribution >= 0.6 is 23.2 Å². The largest absolute Gasteiger partial charge is 0.372 e. The lowest BCUT2D eigenvalue weighted by Gasteiger charge is -2.16. The first-order valence-corrected chi connectivity index (χ1v) is 5.52. The molecule has 4 heteroatoms. The van der Waals surface area contributed by atoms with E-state index in [9.17, 15) is 0 Å². The van der Waals surface area contributed by atoms with Gasteiger partial charge in [0.25, 0.3) is 0 Å². The summed E-state index contributed by atoms with van der Waals surface area (Å²) in [5.74, 6) is 6.08. The molecule has 0 aromatic rings. The molecule has 0 heterocycles. The molecule has 1 fully saturated rings. The van der Waals surface area contributed by atoms with E-state index in [4.69, 9.17) is 35.8 Å². The Morgan fingerprint density at radius 1 is 1.36 bits per heavy atom. The van der Waals surface area contributed by atoms with Gasteiger partial charge in [0, 0.05) is 24.3 Å². The molecule has 0 spiro atoms. The van der Waals surface area contributed by atoms with Crippen molar-refractivity contribution in [3.63, 3.8) is 0 Å². The minimum absolute atomic E-state index is 0.00766. The van der Waals surface area contributed by atoms with Crippen molar-refractivity contribution in [2.24, 2.45) is 5.92 Å². The van der Waals surface area contributed by atoms with E-state index in [0.717, 1.165) is 6.42 Å². The van der Waals surface area contributed by atoms with E-state index >= 15 is 0 Å². The Morgan fingerprint density at radius 3 is 2.57 bits per heavy atom. The molecular weight excluding hydrogens is 218 g/mol. The lowest BCUT2D eigenvalue weighted by atomic mass is 9.77. The molecule has 76 valence electrons. The van der Waals surface area contributed by atoms with Crippen LogP contribution in [0, 0.1) is 17.8 Å². The van der Waals surface area contributed by atoms with Crippen molar-refractivity contribution in [1.29, 1.82) is 0 Å². The third-order valence-corrected chi connectivity index (χ3v) is 3.48. The molecule has 0 amide bonds. The van der Waals surface area contributed by atoms with Crippen molar-refractivity contribution in [3.8, 4) is 11.8 Å². The van der Waals surface area contributed by atoms with E-state index < -0.39 is 0 Å². The Hall–Kier alpha value is 0.165. The maximum absolute atomic E-state index is 6.12. The Bertz CT molecular complexity index is 236. The first kappa shape index (κ1) is 12.2. The number of hydrogen-bond donors (Lipinski definition) is 0. The summed E-state index contributed by atoms with van der Waals surface area (Å²) in [6, 6.07) is 0. The minimum Gasteiger partial charge on any atom is -0.372 e. The van der Waals surface area contributed by atoms with Crippen molar-refractivity contribution >= 4 is 31.0 Å². The summed E-state index contributed by atoms with van der Waals surface area (Å²) < 4.78 is 4.82. The first-order valence-electron chi connectivity index (χ1n) is 4.65. The molecule has 1 aliphatic rings. The van der Waals surface area contributed by atoms with E-state index in [-0.39, 0.29) is 22.5 Å². The standard InChI is InChI=1S/C10H13BCl2O/c1-14-5-3-2-4-7-8(12)6-9(13)10(7)11/h7-10H,4-6H2,1H3. The zero-order valence-electron chi connectivity index (χ0n) is 8.17. The third-order valence-electron chi connectivity index (χ3n) is 2.51. The first-order chi connectivity index (χ1) is 6.66. The summed E-state index contributed by atoms with van der Waals surface area (Å²) in [6.07, 6.45) is 1.49. The summed E-state index contributed by atoms with van der Waals surface area (Å²) in [5, 5.41) is 0.0519. The summed E-state index contributed by atoms with van der Waals surface area (Å²) in [7, 11) is 7.53. The maximum atomic E-state index is 6.12. The molecule has 0 saturated heterocycles. The molecule has 1 nitrogen and oxygen atoms in total. The van der Waals surface area contributed by atoms with Crippen molar-refractivity contribution in [3.05, 3.63) is 0 Å². The predicted molar refractivity (Wildman–Crippen MR) is 61.2 cm³/mol. The van der Waals surface area contributed by atoms with Gasteiger partial charge in [-0.3, -0.25) is 0 Å². The lowest BCUT2D eigenvalue weighted by molar-refractivity contribution is 0.239. The van der Waals surface area contributed by atoms with Crippen LogP contribution in [0.5, 0.6) is 0 Å². The molecule has 4 atom stereocenters. The van der Waals surface area contributed by atoms with Gasteiger partial charge in [-0.1, -0.05) is 11.7 Å². The zero-order valence-corrected chi connectivity index (χ0v) is 9.68.